The number of benzene rings is 1. The monoisotopic (exact) mass is 273 g/mol. The fourth-order valence-electron chi connectivity index (χ4n) is 1.53. The molecule has 0 aliphatic heterocycles. The van der Waals surface area contributed by atoms with Gasteiger partial charge < -0.3 is 10.3 Å². The fraction of sp³-hybridized carbons (Fsp3) is 0.0833. The van der Waals surface area contributed by atoms with Crippen molar-refractivity contribution in [2.75, 3.05) is 5.73 Å². The first-order valence-electron chi connectivity index (χ1n) is 5.63. The Kier molecular flexibility index (Phi) is 3.20. The molecule has 19 heavy (non-hydrogen) atoms. The number of nitrogens with zero attached hydrogens (tertiary/aromatic N) is 3. The molecule has 7 heteroatoms. The molecule has 0 saturated carbocycles. The maximum atomic E-state index is 5.52. The molecule has 0 saturated heterocycles. The molecule has 0 amide bonds. The Labute approximate surface area is 113 Å². The van der Waals surface area contributed by atoms with E-state index in [1.54, 1.807) is 17.8 Å². The van der Waals surface area contributed by atoms with Crippen molar-refractivity contribution in [1.29, 1.82) is 0 Å². The number of nitrogens with one attached hydrogen (secondary N) is 1. The van der Waals surface area contributed by atoms with Crippen molar-refractivity contribution in [2.45, 2.75) is 10.6 Å². The summed E-state index contributed by atoms with van der Waals surface area (Å²) in [6, 6.07) is 11.7. The van der Waals surface area contributed by atoms with Crippen LogP contribution < -0.4 is 5.73 Å². The number of rotatable bonds is 4. The van der Waals surface area contributed by atoms with Gasteiger partial charge in [-0.1, -0.05) is 23.4 Å². The SMILES string of the molecule is Nc1cc(-c2nc(CSc3ccccc3)no2)[nH]n1. The van der Waals surface area contributed by atoms with Gasteiger partial charge in [0.25, 0.3) is 5.89 Å². The summed E-state index contributed by atoms with van der Waals surface area (Å²) in [6.07, 6.45) is 0. The van der Waals surface area contributed by atoms with Crippen molar-refractivity contribution in [3.63, 3.8) is 0 Å². The molecule has 2 aromatic heterocycles. The van der Waals surface area contributed by atoms with Crippen LogP contribution in [0, 0.1) is 0 Å². The van der Waals surface area contributed by atoms with Crippen LogP contribution in [-0.2, 0) is 5.75 Å². The van der Waals surface area contributed by atoms with E-state index in [-0.39, 0.29) is 0 Å². The molecule has 3 N–H and O–H groups in total. The third kappa shape index (κ3) is 2.76. The number of hydrogen-bond donors (Lipinski definition) is 2. The molecule has 3 rings (SSSR count). The Hall–Kier alpha value is -2.28. The Morgan fingerprint density at radius 3 is 2.84 bits per heavy atom. The first kappa shape index (κ1) is 11.8. The normalized spacial score (nSPS) is 10.7. The second kappa shape index (κ2) is 5.15. The third-order valence-corrected chi connectivity index (χ3v) is 3.42. The van der Waals surface area contributed by atoms with Gasteiger partial charge in [0.15, 0.2) is 5.82 Å². The highest BCUT2D eigenvalue weighted by atomic mass is 32.2. The number of H-pyrrole nitrogens is 1. The van der Waals surface area contributed by atoms with Crippen molar-refractivity contribution in [2.24, 2.45) is 0 Å². The molecular formula is C12H11N5OS. The van der Waals surface area contributed by atoms with Gasteiger partial charge >= 0.3 is 0 Å². The lowest BCUT2D eigenvalue weighted by atomic mass is 10.4. The molecule has 3 aromatic rings. The zero-order valence-electron chi connectivity index (χ0n) is 9.91. The summed E-state index contributed by atoms with van der Waals surface area (Å²) in [6.45, 7) is 0. The Bertz CT molecular complexity index is 664. The predicted molar refractivity (Wildman–Crippen MR) is 72.3 cm³/mol. The lowest BCUT2D eigenvalue weighted by Crippen LogP contribution is -1.84. The molecule has 0 bridgehead atoms. The van der Waals surface area contributed by atoms with Crippen LogP contribution in [0.15, 0.2) is 45.8 Å². The van der Waals surface area contributed by atoms with Gasteiger partial charge in [-0.3, -0.25) is 5.10 Å². The minimum absolute atomic E-state index is 0.396. The van der Waals surface area contributed by atoms with Crippen molar-refractivity contribution >= 4 is 17.6 Å². The van der Waals surface area contributed by atoms with E-state index in [2.05, 4.69) is 20.3 Å². The molecule has 2 heterocycles. The molecule has 0 radical (unpaired) electrons. The van der Waals surface area contributed by atoms with Crippen LogP contribution >= 0.6 is 11.8 Å². The van der Waals surface area contributed by atoms with Crippen LogP contribution in [0.25, 0.3) is 11.6 Å². The molecule has 96 valence electrons. The summed E-state index contributed by atoms with van der Waals surface area (Å²) >= 11 is 1.65. The summed E-state index contributed by atoms with van der Waals surface area (Å²) in [5.74, 6) is 2.08. The van der Waals surface area contributed by atoms with E-state index in [0.29, 0.717) is 29.0 Å². The Morgan fingerprint density at radius 1 is 1.26 bits per heavy atom. The van der Waals surface area contributed by atoms with Gasteiger partial charge in [-0.25, -0.2) is 0 Å². The minimum Gasteiger partial charge on any atom is -0.382 e. The molecule has 0 aliphatic rings. The molecule has 1 aromatic carbocycles. The lowest BCUT2D eigenvalue weighted by Gasteiger charge is -1.96. The standard InChI is InChI=1S/C12H11N5OS/c13-10-6-9(15-16-10)12-14-11(17-18-12)7-19-8-4-2-1-3-5-8/h1-6H,7H2,(H3,13,15,16). The van der Waals surface area contributed by atoms with Crippen LogP contribution in [0.4, 0.5) is 5.82 Å². The molecule has 6 nitrogen and oxygen atoms in total. The van der Waals surface area contributed by atoms with Crippen molar-refractivity contribution in [3.05, 3.63) is 42.2 Å². The van der Waals surface area contributed by atoms with Crippen molar-refractivity contribution < 1.29 is 4.52 Å². The van der Waals surface area contributed by atoms with E-state index in [4.69, 9.17) is 10.3 Å². The van der Waals surface area contributed by atoms with Crippen molar-refractivity contribution in [1.82, 2.24) is 20.3 Å². The molecule has 0 fully saturated rings. The van der Waals surface area contributed by atoms with E-state index in [0.717, 1.165) is 0 Å². The van der Waals surface area contributed by atoms with Gasteiger partial charge in [-0.15, -0.1) is 11.8 Å². The highest BCUT2D eigenvalue weighted by Gasteiger charge is 2.11. The number of aromatic nitrogens is 4. The van der Waals surface area contributed by atoms with Crippen LogP contribution in [0.1, 0.15) is 5.82 Å². The Morgan fingerprint density at radius 2 is 2.11 bits per heavy atom. The average molecular weight is 273 g/mol. The quantitative estimate of drug-likeness (QED) is 0.708. The number of nitrogens with two attached hydrogens (primary N) is 1. The van der Waals surface area contributed by atoms with Gasteiger partial charge in [-0.05, 0) is 12.1 Å². The van der Waals surface area contributed by atoms with Gasteiger partial charge in [0.05, 0.1) is 5.75 Å². The Balaban J connectivity index is 1.68. The summed E-state index contributed by atoms with van der Waals surface area (Å²) in [5.41, 5.74) is 6.15. The smallest absolute Gasteiger partial charge is 0.276 e. The molecular weight excluding hydrogens is 262 g/mol. The predicted octanol–water partition coefficient (Wildman–Crippen LogP) is 2.33. The maximum Gasteiger partial charge on any atom is 0.276 e. The zero-order valence-corrected chi connectivity index (χ0v) is 10.7. The second-order valence-electron chi connectivity index (χ2n) is 3.82. The second-order valence-corrected chi connectivity index (χ2v) is 4.87. The average Bonchev–Trinajstić information content (AvgIpc) is 3.06. The summed E-state index contributed by atoms with van der Waals surface area (Å²) in [7, 11) is 0. The van der Waals surface area contributed by atoms with Gasteiger partial charge in [0.2, 0.25) is 0 Å². The molecule has 0 atom stereocenters. The number of hydrogen-bond acceptors (Lipinski definition) is 6. The number of thioether (sulfide) groups is 1. The topological polar surface area (TPSA) is 93.6 Å². The highest BCUT2D eigenvalue weighted by Crippen LogP contribution is 2.22. The first-order chi connectivity index (χ1) is 9.31. The minimum atomic E-state index is 0.396. The molecule has 0 unspecified atom stereocenters. The third-order valence-electron chi connectivity index (χ3n) is 2.41. The zero-order chi connectivity index (χ0) is 13.1. The van der Waals surface area contributed by atoms with Crippen LogP contribution in [0.3, 0.4) is 0 Å². The first-order valence-corrected chi connectivity index (χ1v) is 6.61. The number of aromatic amines is 1. The molecule has 0 aliphatic carbocycles. The molecule has 0 spiro atoms. The highest BCUT2D eigenvalue weighted by molar-refractivity contribution is 7.98. The van der Waals surface area contributed by atoms with Gasteiger partial charge in [0.1, 0.15) is 11.5 Å². The van der Waals surface area contributed by atoms with Crippen LogP contribution in [0.5, 0.6) is 0 Å². The van der Waals surface area contributed by atoms with E-state index in [1.165, 1.54) is 4.90 Å². The fourth-order valence-corrected chi connectivity index (χ4v) is 2.30. The van der Waals surface area contributed by atoms with E-state index < -0.39 is 0 Å². The lowest BCUT2D eigenvalue weighted by molar-refractivity contribution is 0.424. The maximum absolute atomic E-state index is 5.52. The van der Waals surface area contributed by atoms with E-state index >= 15 is 0 Å². The van der Waals surface area contributed by atoms with Crippen LogP contribution in [0.2, 0.25) is 0 Å². The summed E-state index contributed by atoms with van der Waals surface area (Å²) in [4.78, 5) is 5.45. The van der Waals surface area contributed by atoms with Crippen LogP contribution in [-0.4, -0.2) is 20.3 Å². The summed E-state index contributed by atoms with van der Waals surface area (Å²) in [5, 5.41) is 10.5. The van der Waals surface area contributed by atoms with Gasteiger partial charge in [-0.2, -0.15) is 10.1 Å². The largest absolute Gasteiger partial charge is 0.382 e. The van der Waals surface area contributed by atoms with Crippen molar-refractivity contribution in [3.8, 4) is 11.6 Å². The summed E-state index contributed by atoms with van der Waals surface area (Å²) < 4.78 is 5.15. The van der Waals surface area contributed by atoms with E-state index in [1.807, 2.05) is 30.3 Å². The number of anilines is 1. The number of nitrogen functional groups attached to an aromatic ring is 1. The van der Waals surface area contributed by atoms with E-state index in [9.17, 15) is 0 Å². The van der Waals surface area contributed by atoms with Gasteiger partial charge in [0, 0.05) is 11.0 Å².